The number of rotatable bonds is 5. The van der Waals surface area contributed by atoms with Gasteiger partial charge in [0.25, 0.3) is 0 Å². The van der Waals surface area contributed by atoms with Crippen molar-refractivity contribution in [2.45, 2.75) is 39.5 Å². The van der Waals surface area contributed by atoms with Crippen molar-refractivity contribution in [3.63, 3.8) is 0 Å². The van der Waals surface area contributed by atoms with Crippen molar-refractivity contribution in [2.75, 3.05) is 5.32 Å². The van der Waals surface area contributed by atoms with E-state index in [4.69, 9.17) is 5.73 Å². The van der Waals surface area contributed by atoms with Crippen LogP contribution >= 0.6 is 0 Å². The maximum Gasteiger partial charge on any atom is 0.416 e. The number of anilines is 1. The zero-order valence-electron chi connectivity index (χ0n) is 14.0. The molecular weight excluding hydrogens is 359 g/mol. The molecule has 0 aliphatic heterocycles. The van der Waals surface area contributed by atoms with E-state index in [2.05, 4.69) is 10.4 Å². The largest absolute Gasteiger partial charge is 0.416 e. The lowest BCUT2D eigenvalue weighted by Crippen LogP contribution is -2.17. The number of carbonyl (C=O) groups excluding carboxylic acids is 1. The van der Waals surface area contributed by atoms with E-state index in [1.54, 1.807) is 0 Å². The maximum atomic E-state index is 12.9. The zero-order valence-corrected chi connectivity index (χ0v) is 14.0. The number of halogens is 5. The molecule has 0 saturated heterocycles. The van der Waals surface area contributed by atoms with Gasteiger partial charge in [0.05, 0.1) is 17.7 Å². The molecule has 0 saturated carbocycles. The van der Waals surface area contributed by atoms with Crippen molar-refractivity contribution >= 4 is 11.6 Å². The number of alkyl halides is 5. The van der Waals surface area contributed by atoms with Gasteiger partial charge in [-0.15, -0.1) is 0 Å². The van der Waals surface area contributed by atoms with Crippen LogP contribution in [-0.4, -0.2) is 15.7 Å². The zero-order chi connectivity index (χ0) is 19.6. The van der Waals surface area contributed by atoms with E-state index < -0.39 is 24.2 Å². The first kappa shape index (κ1) is 19.8. The second kappa shape index (κ2) is 7.40. The summed E-state index contributed by atoms with van der Waals surface area (Å²) in [4.78, 5) is 12.2. The van der Waals surface area contributed by atoms with Crippen LogP contribution in [0.5, 0.6) is 0 Å². The average Bonchev–Trinajstić information content (AvgIpc) is 2.82. The van der Waals surface area contributed by atoms with Crippen LogP contribution in [0.15, 0.2) is 18.2 Å². The highest BCUT2D eigenvalue weighted by molar-refractivity contribution is 5.92. The highest BCUT2D eigenvalue weighted by Gasteiger charge is 2.31. The van der Waals surface area contributed by atoms with Crippen LogP contribution in [0.2, 0.25) is 0 Å². The van der Waals surface area contributed by atoms with E-state index in [0.717, 1.165) is 12.1 Å². The molecule has 1 amide bonds. The minimum absolute atomic E-state index is 0.0677. The maximum absolute atomic E-state index is 12.9. The van der Waals surface area contributed by atoms with E-state index >= 15 is 0 Å². The molecule has 1 aromatic heterocycles. The summed E-state index contributed by atoms with van der Waals surface area (Å²) in [6.07, 6.45) is -4.88. The minimum atomic E-state index is -4.59. The molecule has 10 heteroatoms. The summed E-state index contributed by atoms with van der Waals surface area (Å²) in [7, 11) is 0. The van der Waals surface area contributed by atoms with E-state index in [9.17, 15) is 26.7 Å². The Kier molecular flexibility index (Phi) is 5.65. The molecule has 1 aromatic carbocycles. The Morgan fingerprint density at radius 3 is 2.42 bits per heavy atom. The van der Waals surface area contributed by atoms with Crippen LogP contribution in [0, 0.1) is 13.8 Å². The van der Waals surface area contributed by atoms with Crippen molar-refractivity contribution in [2.24, 2.45) is 5.73 Å². The summed E-state index contributed by atoms with van der Waals surface area (Å²) in [6, 6.07) is 3.02. The van der Waals surface area contributed by atoms with Gasteiger partial charge in [-0.1, -0.05) is 0 Å². The predicted octanol–water partition coefficient (Wildman–Crippen LogP) is 3.55. The first-order valence-corrected chi connectivity index (χ1v) is 7.56. The molecule has 2 rings (SSSR count). The summed E-state index contributed by atoms with van der Waals surface area (Å²) >= 11 is 0. The molecule has 0 spiro atoms. The number of aromatic nitrogens is 2. The lowest BCUT2D eigenvalue weighted by Gasteiger charge is -2.12. The Morgan fingerprint density at radius 2 is 1.92 bits per heavy atom. The van der Waals surface area contributed by atoms with Crippen molar-refractivity contribution in [3.05, 3.63) is 46.3 Å². The molecule has 0 bridgehead atoms. The van der Waals surface area contributed by atoms with Gasteiger partial charge in [0, 0.05) is 23.5 Å². The van der Waals surface area contributed by atoms with Gasteiger partial charge in [-0.25, -0.2) is 4.68 Å². The number of benzene rings is 1. The summed E-state index contributed by atoms with van der Waals surface area (Å²) in [5.74, 6) is -0.646. The molecule has 1 heterocycles. The van der Waals surface area contributed by atoms with Crippen LogP contribution in [0.3, 0.4) is 0 Å². The monoisotopic (exact) mass is 376 g/mol. The van der Waals surface area contributed by atoms with Gasteiger partial charge in [-0.2, -0.15) is 27.1 Å². The Hall–Kier alpha value is -2.49. The minimum Gasteiger partial charge on any atom is -0.326 e. The lowest BCUT2D eigenvalue weighted by atomic mass is 10.1. The number of aryl methyl sites for hydroxylation is 1. The second-order valence-corrected chi connectivity index (χ2v) is 5.72. The van der Waals surface area contributed by atoms with Crippen LogP contribution in [-0.2, 0) is 23.9 Å². The van der Waals surface area contributed by atoms with Gasteiger partial charge in [-0.05, 0) is 37.6 Å². The topological polar surface area (TPSA) is 72.9 Å². The summed E-state index contributed by atoms with van der Waals surface area (Å²) < 4.78 is 64.9. The predicted molar refractivity (Wildman–Crippen MR) is 84.6 cm³/mol. The molecule has 0 aliphatic rings. The number of nitrogens with zero attached hydrogens (tertiary/aromatic N) is 2. The summed E-state index contributed by atoms with van der Waals surface area (Å²) in [5, 5.41) is 6.02. The fraction of sp³-hybridized carbons (Fsp3) is 0.375. The molecule has 0 radical (unpaired) electrons. The molecule has 0 aliphatic carbocycles. The highest BCUT2D eigenvalue weighted by atomic mass is 19.4. The summed E-state index contributed by atoms with van der Waals surface area (Å²) in [5.41, 5.74) is 5.27. The molecule has 5 nitrogen and oxygen atoms in total. The molecule has 3 N–H and O–H groups in total. The molecule has 2 aromatic rings. The Labute approximate surface area is 146 Å². The van der Waals surface area contributed by atoms with Gasteiger partial charge in [0.2, 0.25) is 5.91 Å². The number of hydrogen-bond donors (Lipinski definition) is 2. The average molecular weight is 376 g/mol. The molecule has 26 heavy (non-hydrogen) atoms. The van der Waals surface area contributed by atoms with Gasteiger partial charge >= 0.3 is 12.7 Å². The van der Waals surface area contributed by atoms with E-state index in [1.165, 1.54) is 19.9 Å². The standard InChI is InChI=1S/C16H17F5N4O/c1-8-13(9(2)25(24-8)15(17)18)6-14(26)23-12-4-10(7-22)3-11(5-12)16(19,20)21/h3-5,15H,6-7,22H2,1-2H3,(H,23,26). The Bertz CT molecular complexity index is 814. The molecular formula is C16H17F5N4O. The fourth-order valence-corrected chi connectivity index (χ4v) is 2.55. The van der Waals surface area contributed by atoms with Gasteiger partial charge in [0.1, 0.15) is 0 Å². The number of carbonyl (C=O) groups is 1. The SMILES string of the molecule is Cc1nn(C(F)F)c(C)c1CC(=O)Nc1cc(CN)cc(C(F)(F)F)c1. The number of amides is 1. The third-order valence-electron chi connectivity index (χ3n) is 3.84. The van der Waals surface area contributed by atoms with Gasteiger partial charge in [-0.3, -0.25) is 4.79 Å². The third kappa shape index (κ3) is 4.37. The third-order valence-corrected chi connectivity index (χ3v) is 3.84. The van der Waals surface area contributed by atoms with Crippen molar-refractivity contribution in [3.8, 4) is 0 Å². The highest BCUT2D eigenvalue weighted by Crippen LogP contribution is 2.32. The van der Waals surface area contributed by atoms with Crippen LogP contribution in [0.25, 0.3) is 0 Å². The van der Waals surface area contributed by atoms with Crippen molar-refractivity contribution in [1.29, 1.82) is 0 Å². The Morgan fingerprint density at radius 1 is 1.27 bits per heavy atom. The molecule has 142 valence electrons. The summed E-state index contributed by atoms with van der Waals surface area (Å²) in [6.45, 7) is -0.107. The first-order chi connectivity index (χ1) is 12.0. The van der Waals surface area contributed by atoms with E-state index in [-0.39, 0.29) is 35.6 Å². The Balaban J connectivity index is 2.23. The first-order valence-electron chi connectivity index (χ1n) is 7.56. The molecule has 0 unspecified atom stereocenters. The smallest absolute Gasteiger partial charge is 0.326 e. The second-order valence-electron chi connectivity index (χ2n) is 5.72. The number of nitrogens with two attached hydrogens (primary N) is 1. The van der Waals surface area contributed by atoms with Crippen LogP contribution in [0.1, 0.15) is 34.6 Å². The number of nitrogens with one attached hydrogen (secondary N) is 1. The van der Waals surface area contributed by atoms with Crippen molar-refractivity contribution < 1.29 is 26.7 Å². The van der Waals surface area contributed by atoms with Gasteiger partial charge < -0.3 is 11.1 Å². The van der Waals surface area contributed by atoms with Crippen LogP contribution in [0.4, 0.5) is 27.6 Å². The quantitative estimate of drug-likeness (QED) is 0.784. The van der Waals surface area contributed by atoms with Crippen molar-refractivity contribution in [1.82, 2.24) is 9.78 Å². The number of hydrogen-bond acceptors (Lipinski definition) is 3. The molecule has 0 atom stereocenters. The van der Waals surface area contributed by atoms with Crippen LogP contribution < -0.4 is 11.1 Å². The lowest BCUT2D eigenvalue weighted by molar-refractivity contribution is -0.137. The van der Waals surface area contributed by atoms with E-state index in [1.807, 2.05) is 0 Å². The fourth-order valence-electron chi connectivity index (χ4n) is 2.55. The van der Waals surface area contributed by atoms with Gasteiger partial charge in [0.15, 0.2) is 0 Å². The molecule has 0 fully saturated rings. The normalized spacial score (nSPS) is 11.9. The van der Waals surface area contributed by atoms with E-state index in [0.29, 0.717) is 10.2 Å².